The second-order valence-corrected chi connectivity index (χ2v) is 4.79. The fourth-order valence-corrected chi connectivity index (χ4v) is 1.67. The topological polar surface area (TPSA) is 110 Å². The predicted molar refractivity (Wildman–Crippen MR) is 67.9 cm³/mol. The zero-order chi connectivity index (χ0) is 10.8. The van der Waals surface area contributed by atoms with Crippen LogP contribution in [-0.2, 0) is 4.57 Å². The van der Waals surface area contributed by atoms with Crippen LogP contribution in [0.25, 0.3) is 0 Å². The molecular weight excluding hydrogens is 274 g/mol. The summed E-state index contributed by atoms with van der Waals surface area (Å²) in [5, 5.41) is 0. The van der Waals surface area contributed by atoms with E-state index in [0.717, 1.165) is 0 Å². The van der Waals surface area contributed by atoms with Gasteiger partial charge in [0.15, 0.2) is 0 Å². The summed E-state index contributed by atoms with van der Waals surface area (Å²) in [6.45, 7) is 0. The number of hydrogen-bond donors (Lipinski definition) is 4. The molecule has 0 amide bonds. The van der Waals surface area contributed by atoms with E-state index in [-0.39, 0.29) is 24.8 Å². The van der Waals surface area contributed by atoms with Crippen molar-refractivity contribution >= 4 is 32.4 Å². The maximum Gasteiger partial charge on any atom is 0.344 e. The van der Waals surface area contributed by atoms with Gasteiger partial charge in [-0.2, -0.15) is 0 Å². The number of nitrogens with two attached hydrogens (primary N) is 2. The first-order chi connectivity index (χ1) is 6.43. The van der Waals surface area contributed by atoms with Gasteiger partial charge in [0.25, 0.3) is 0 Å². The molecule has 0 saturated carbocycles. The highest BCUT2D eigenvalue weighted by atomic mass is 35.5. The molecule has 0 saturated heterocycles. The van der Waals surface area contributed by atoms with Crippen molar-refractivity contribution in [2.45, 2.75) is 11.8 Å². The Labute approximate surface area is 106 Å². The van der Waals surface area contributed by atoms with E-state index >= 15 is 0 Å². The molecule has 6 N–H and O–H groups in total. The van der Waals surface area contributed by atoms with Gasteiger partial charge in [0.1, 0.15) is 5.78 Å². The number of halogens is 2. The van der Waals surface area contributed by atoms with Gasteiger partial charge in [-0.25, -0.2) is 0 Å². The zero-order valence-corrected chi connectivity index (χ0v) is 10.8. The maximum absolute atomic E-state index is 10.8. The van der Waals surface area contributed by atoms with Crippen LogP contribution in [0.15, 0.2) is 30.3 Å². The van der Waals surface area contributed by atoms with Gasteiger partial charge in [-0.05, 0) is 5.56 Å². The van der Waals surface area contributed by atoms with Gasteiger partial charge in [-0.1, -0.05) is 30.3 Å². The summed E-state index contributed by atoms with van der Waals surface area (Å²) in [5.41, 5.74) is 11.6. The van der Waals surface area contributed by atoms with Crippen molar-refractivity contribution in [2.24, 2.45) is 11.5 Å². The third kappa shape index (κ3) is 4.80. The van der Waals surface area contributed by atoms with Crippen LogP contribution in [-0.4, -0.2) is 15.6 Å². The molecule has 0 aliphatic rings. The summed E-state index contributed by atoms with van der Waals surface area (Å²) < 4.78 is 10.8. The SMILES string of the molecule is Cl.Cl.N[C@H](c1ccccc1)[C@@H](N)P(=O)(O)O. The minimum atomic E-state index is -4.33. The monoisotopic (exact) mass is 288 g/mol. The maximum atomic E-state index is 10.8. The lowest BCUT2D eigenvalue weighted by atomic mass is 10.1. The highest BCUT2D eigenvalue weighted by Gasteiger charge is 2.31. The van der Waals surface area contributed by atoms with Crippen molar-refractivity contribution in [1.29, 1.82) is 0 Å². The van der Waals surface area contributed by atoms with E-state index < -0.39 is 19.4 Å². The fraction of sp³-hybridized carbons (Fsp3) is 0.250. The lowest BCUT2D eigenvalue weighted by molar-refractivity contribution is 0.350. The molecule has 0 radical (unpaired) electrons. The van der Waals surface area contributed by atoms with E-state index in [2.05, 4.69) is 0 Å². The fourth-order valence-electron chi connectivity index (χ4n) is 1.08. The highest BCUT2D eigenvalue weighted by molar-refractivity contribution is 7.52. The van der Waals surface area contributed by atoms with Crippen LogP contribution in [0.2, 0.25) is 0 Å². The van der Waals surface area contributed by atoms with Crippen LogP contribution in [0, 0.1) is 0 Å². The first kappa shape index (κ1) is 18.2. The van der Waals surface area contributed by atoms with E-state index in [4.69, 9.17) is 21.3 Å². The number of rotatable bonds is 3. The first-order valence-electron chi connectivity index (χ1n) is 4.04. The average Bonchev–Trinajstić information content (AvgIpc) is 2.15. The Morgan fingerprint density at radius 3 is 1.88 bits per heavy atom. The summed E-state index contributed by atoms with van der Waals surface area (Å²) in [4.78, 5) is 17.6. The number of hydrogen-bond acceptors (Lipinski definition) is 3. The molecule has 5 nitrogen and oxygen atoms in total. The molecule has 0 aliphatic heterocycles. The van der Waals surface area contributed by atoms with E-state index in [9.17, 15) is 4.57 Å². The third-order valence-corrected chi connectivity index (χ3v) is 3.04. The van der Waals surface area contributed by atoms with Crippen LogP contribution in [0.1, 0.15) is 11.6 Å². The normalized spacial score (nSPS) is 14.2. The summed E-state index contributed by atoms with van der Waals surface area (Å²) >= 11 is 0. The molecule has 0 aromatic heterocycles. The molecule has 0 bridgehead atoms. The molecule has 0 heterocycles. The minimum Gasteiger partial charge on any atom is -0.323 e. The van der Waals surface area contributed by atoms with Crippen LogP contribution < -0.4 is 11.5 Å². The molecule has 0 fully saturated rings. The molecule has 16 heavy (non-hydrogen) atoms. The lowest BCUT2D eigenvalue weighted by Crippen LogP contribution is -2.33. The Morgan fingerprint density at radius 1 is 1.06 bits per heavy atom. The van der Waals surface area contributed by atoms with Crippen LogP contribution in [0.3, 0.4) is 0 Å². The van der Waals surface area contributed by atoms with Crippen molar-refractivity contribution in [3.8, 4) is 0 Å². The summed E-state index contributed by atoms with van der Waals surface area (Å²) in [6.07, 6.45) is 0. The number of benzene rings is 1. The standard InChI is InChI=1S/C8H13N2O3P.2ClH/c9-7(8(10)14(11,12)13)6-4-2-1-3-5-6;;/h1-5,7-8H,9-10H2,(H2,11,12,13);2*1H/t7-,8+;;/m1../s1. The third-order valence-electron chi connectivity index (χ3n) is 1.94. The molecule has 0 aliphatic carbocycles. The minimum absolute atomic E-state index is 0. The molecule has 94 valence electrons. The van der Waals surface area contributed by atoms with Crippen molar-refractivity contribution in [3.63, 3.8) is 0 Å². The van der Waals surface area contributed by atoms with E-state index in [0.29, 0.717) is 5.56 Å². The van der Waals surface area contributed by atoms with Crippen LogP contribution in [0.5, 0.6) is 0 Å². The van der Waals surface area contributed by atoms with Gasteiger partial charge in [-0.15, -0.1) is 24.8 Å². The molecule has 1 aromatic rings. The molecule has 0 unspecified atom stereocenters. The van der Waals surface area contributed by atoms with Gasteiger partial charge in [0.05, 0.1) is 6.04 Å². The average molecular weight is 289 g/mol. The Hall–Kier alpha value is -0.130. The van der Waals surface area contributed by atoms with Gasteiger partial charge < -0.3 is 21.3 Å². The largest absolute Gasteiger partial charge is 0.344 e. The summed E-state index contributed by atoms with van der Waals surface area (Å²) in [5.74, 6) is -1.36. The molecule has 2 atom stereocenters. The van der Waals surface area contributed by atoms with Crippen LogP contribution >= 0.6 is 32.4 Å². The van der Waals surface area contributed by atoms with Gasteiger partial charge >= 0.3 is 7.60 Å². The first-order valence-corrected chi connectivity index (χ1v) is 5.72. The zero-order valence-electron chi connectivity index (χ0n) is 8.26. The Kier molecular flexibility index (Phi) is 8.26. The lowest BCUT2D eigenvalue weighted by Gasteiger charge is -2.20. The molecular formula is C8H15Cl2N2O3P. The van der Waals surface area contributed by atoms with E-state index in [1.807, 2.05) is 0 Å². The second kappa shape index (κ2) is 7.25. The second-order valence-electron chi connectivity index (χ2n) is 3.02. The Bertz CT molecular complexity index is 346. The summed E-state index contributed by atoms with van der Waals surface area (Å²) in [6, 6.07) is 7.78. The molecule has 1 rings (SSSR count). The van der Waals surface area contributed by atoms with E-state index in [1.165, 1.54) is 0 Å². The Morgan fingerprint density at radius 2 is 1.50 bits per heavy atom. The van der Waals surface area contributed by atoms with Crippen molar-refractivity contribution in [3.05, 3.63) is 35.9 Å². The predicted octanol–water partition coefficient (Wildman–Crippen LogP) is 0.992. The highest BCUT2D eigenvalue weighted by Crippen LogP contribution is 2.42. The molecule has 1 aromatic carbocycles. The van der Waals surface area contributed by atoms with Gasteiger partial charge in [0.2, 0.25) is 0 Å². The van der Waals surface area contributed by atoms with Gasteiger partial charge in [-0.3, -0.25) is 4.57 Å². The summed E-state index contributed by atoms with van der Waals surface area (Å²) in [7, 11) is -4.33. The smallest absolute Gasteiger partial charge is 0.323 e. The van der Waals surface area contributed by atoms with Crippen molar-refractivity contribution < 1.29 is 14.4 Å². The van der Waals surface area contributed by atoms with Gasteiger partial charge in [0, 0.05) is 0 Å². The van der Waals surface area contributed by atoms with Crippen LogP contribution in [0.4, 0.5) is 0 Å². The van der Waals surface area contributed by atoms with Crippen molar-refractivity contribution in [2.75, 3.05) is 0 Å². The molecule has 8 heteroatoms. The van der Waals surface area contributed by atoms with E-state index in [1.54, 1.807) is 30.3 Å². The Balaban J connectivity index is 0. The molecule has 0 spiro atoms. The quantitative estimate of drug-likeness (QED) is 0.620. The van der Waals surface area contributed by atoms with Crippen molar-refractivity contribution in [1.82, 2.24) is 0 Å².